The SMILES string of the molecule is NC(=S)c1cnc(Nc2cccc(F)c2)cn1. The predicted octanol–water partition coefficient (Wildman–Crippen LogP) is 1.99. The minimum absolute atomic E-state index is 0.190. The van der Waals surface area contributed by atoms with Gasteiger partial charge in [0.2, 0.25) is 0 Å². The molecule has 6 heteroatoms. The van der Waals surface area contributed by atoms with E-state index in [2.05, 4.69) is 15.3 Å². The lowest BCUT2D eigenvalue weighted by molar-refractivity contribution is 0.628. The fraction of sp³-hybridized carbons (Fsp3) is 0. The predicted molar refractivity (Wildman–Crippen MR) is 67.6 cm³/mol. The standard InChI is InChI=1S/C11H9FN4S/c12-7-2-1-3-8(4-7)16-10-6-14-9(5-15-10)11(13)17/h1-6H,(H2,13,17)(H,15,16). The van der Waals surface area contributed by atoms with E-state index in [-0.39, 0.29) is 10.8 Å². The van der Waals surface area contributed by atoms with Crippen molar-refractivity contribution in [2.24, 2.45) is 5.73 Å². The van der Waals surface area contributed by atoms with Crippen LogP contribution >= 0.6 is 12.2 Å². The van der Waals surface area contributed by atoms with E-state index >= 15 is 0 Å². The molecule has 0 aliphatic heterocycles. The molecule has 0 saturated heterocycles. The van der Waals surface area contributed by atoms with Crippen molar-refractivity contribution in [1.82, 2.24) is 9.97 Å². The van der Waals surface area contributed by atoms with Gasteiger partial charge < -0.3 is 11.1 Å². The number of nitrogens with one attached hydrogen (secondary N) is 1. The van der Waals surface area contributed by atoms with E-state index in [4.69, 9.17) is 18.0 Å². The third kappa shape index (κ3) is 2.94. The maximum Gasteiger partial charge on any atom is 0.148 e. The Hall–Kier alpha value is -2.08. The van der Waals surface area contributed by atoms with Crippen LogP contribution in [0.1, 0.15) is 5.69 Å². The van der Waals surface area contributed by atoms with E-state index in [9.17, 15) is 4.39 Å². The first kappa shape index (κ1) is 11.4. The molecular formula is C11H9FN4S. The van der Waals surface area contributed by atoms with Gasteiger partial charge in [-0.3, -0.25) is 0 Å². The van der Waals surface area contributed by atoms with Crippen LogP contribution in [-0.2, 0) is 0 Å². The molecule has 2 aromatic rings. The van der Waals surface area contributed by atoms with Gasteiger partial charge in [0.05, 0.1) is 12.4 Å². The molecule has 1 aromatic heterocycles. The Morgan fingerprint density at radius 1 is 1.29 bits per heavy atom. The lowest BCUT2D eigenvalue weighted by atomic mass is 10.3. The van der Waals surface area contributed by atoms with Gasteiger partial charge in [0, 0.05) is 5.69 Å². The molecular weight excluding hydrogens is 239 g/mol. The zero-order valence-corrected chi connectivity index (χ0v) is 9.54. The van der Waals surface area contributed by atoms with Crippen molar-refractivity contribution in [2.45, 2.75) is 0 Å². The van der Waals surface area contributed by atoms with Crippen LogP contribution in [0.2, 0.25) is 0 Å². The summed E-state index contributed by atoms with van der Waals surface area (Å²) in [7, 11) is 0. The Balaban J connectivity index is 2.16. The maximum absolute atomic E-state index is 12.9. The monoisotopic (exact) mass is 248 g/mol. The molecule has 0 radical (unpaired) electrons. The number of nitrogens with zero attached hydrogens (tertiary/aromatic N) is 2. The van der Waals surface area contributed by atoms with Gasteiger partial charge in [0.25, 0.3) is 0 Å². The van der Waals surface area contributed by atoms with Crippen molar-refractivity contribution in [2.75, 3.05) is 5.32 Å². The summed E-state index contributed by atoms with van der Waals surface area (Å²) in [6.45, 7) is 0. The molecule has 1 aromatic carbocycles. The molecule has 0 saturated carbocycles. The van der Waals surface area contributed by atoms with Gasteiger partial charge in [0.15, 0.2) is 0 Å². The summed E-state index contributed by atoms with van der Waals surface area (Å²) in [5.74, 6) is 0.179. The minimum atomic E-state index is -0.317. The molecule has 3 N–H and O–H groups in total. The summed E-state index contributed by atoms with van der Waals surface area (Å²) < 4.78 is 12.9. The van der Waals surface area contributed by atoms with Crippen LogP contribution < -0.4 is 11.1 Å². The lowest BCUT2D eigenvalue weighted by Crippen LogP contribution is -2.12. The number of halogens is 1. The summed E-state index contributed by atoms with van der Waals surface area (Å²) in [4.78, 5) is 8.26. The summed E-state index contributed by atoms with van der Waals surface area (Å²) in [6, 6.07) is 6.07. The van der Waals surface area contributed by atoms with Crippen LogP contribution in [0.25, 0.3) is 0 Å². The molecule has 1 heterocycles. The number of thiocarbonyl (C=S) groups is 1. The van der Waals surface area contributed by atoms with Gasteiger partial charge in [0.1, 0.15) is 22.3 Å². The van der Waals surface area contributed by atoms with Crippen molar-refractivity contribution in [3.63, 3.8) is 0 Å². The number of rotatable bonds is 3. The van der Waals surface area contributed by atoms with E-state index in [0.717, 1.165) is 0 Å². The fourth-order valence-corrected chi connectivity index (χ4v) is 1.34. The highest BCUT2D eigenvalue weighted by Crippen LogP contribution is 2.14. The van der Waals surface area contributed by atoms with Gasteiger partial charge in [-0.05, 0) is 18.2 Å². The van der Waals surface area contributed by atoms with Crippen LogP contribution in [0, 0.1) is 5.82 Å². The third-order valence-corrected chi connectivity index (χ3v) is 2.21. The second-order valence-corrected chi connectivity index (χ2v) is 3.73. The van der Waals surface area contributed by atoms with Gasteiger partial charge >= 0.3 is 0 Å². The molecule has 4 nitrogen and oxygen atoms in total. The van der Waals surface area contributed by atoms with Gasteiger partial charge in [-0.25, -0.2) is 14.4 Å². The highest BCUT2D eigenvalue weighted by Gasteiger charge is 2.01. The Kier molecular flexibility index (Phi) is 3.24. The number of anilines is 2. The zero-order chi connectivity index (χ0) is 12.3. The quantitative estimate of drug-likeness (QED) is 0.813. The van der Waals surface area contributed by atoms with E-state index in [1.165, 1.54) is 24.5 Å². The first-order valence-electron chi connectivity index (χ1n) is 4.79. The molecule has 0 fully saturated rings. The topological polar surface area (TPSA) is 63.8 Å². The molecule has 17 heavy (non-hydrogen) atoms. The highest BCUT2D eigenvalue weighted by atomic mass is 32.1. The Bertz CT molecular complexity index is 541. The molecule has 86 valence electrons. The first-order valence-corrected chi connectivity index (χ1v) is 5.20. The van der Waals surface area contributed by atoms with E-state index in [1.807, 2.05) is 0 Å². The van der Waals surface area contributed by atoms with Crippen molar-refractivity contribution >= 4 is 28.7 Å². The largest absolute Gasteiger partial charge is 0.388 e. The molecule has 0 aliphatic carbocycles. The van der Waals surface area contributed by atoms with Gasteiger partial charge in [-0.15, -0.1) is 0 Å². The molecule has 0 unspecified atom stereocenters. The van der Waals surface area contributed by atoms with E-state index in [0.29, 0.717) is 17.2 Å². The normalized spacial score (nSPS) is 9.94. The average molecular weight is 248 g/mol. The van der Waals surface area contributed by atoms with E-state index < -0.39 is 0 Å². The minimum Gasteiger partial charge on any atom is -0.388 e. The summed E-state index contributed by atoms with van der Waals surface area (Å²) in [6.07, 6.45) is 2.95. The smallest absolute Gasteiger partial charge is 0.148 e. The van der Waals surface area contributed by atoms with Gasteiger partial charge in [-0.2, -0.15) is 0 Å². The Labute approximate surface area is 103 Å². The maximum atomic E-state index is 12.9. The Morgan fingerprint density at radius 2 is 2.12 bits per heavy atom. The van der Waals surface area contributed by atoms with Crippen molar-refractivity contribution in [1.29, 1.82) is 0 Å². The van der Waals surface area contributed by atoms with Crippen LogP contribution in [0.15, 0.2) is 36.7 Å². The van der Waals surface area contributed by atoms with Crippen LogP contribution in [0.5, 0.6) is 0 Å². The van der Waals surface area contributed by atoms with Crippen LogP contribution in [-0.4, -0.2) is 15.0 Å². The molecule has 0 aliphatic rings. The molecule has 2 rings (SSSR count). The van der Waals surface area contributed by atoms with Crippen molar-refractivity contribution in [3.05, 3.63) is 48.2 Å². The second-order valence-electron chi connectivity index (χ2n) is 3.29. The Morgan fingerprint density at radius 3 is 2.71 bits per heavy atom. The average Bonchev–Trinajstić information content (AvgIpc) is 2.29. The fourth-order valence-electron chi connectivity index (χ4n) is 1.23. The van der Waals surface area contributed by atoms with E-state index in [1.54, 1.807) is 12.1 Å². The third-order valence-electron chi connectivity index (χ3n) is 2.00. The van der Waals surface area contributed by atoms with Gasteiger partial charge in [-0.1, -0.05) is 18.3 Å². The number of benzene rings is 1. The van der Waals surface area contributed by atoms with Crippen LogP contribution in [0.3, 0.4) is 0 Å². The molecule has 0 bridgehead atoms. The number of aromatic nitrogens is 2. The first-order chi connectivity index (χ1) is 8.15. The number of hydrogen-bond donors (Lipinski definition) is 2. The number of hydrogen-bond acceptors (Lipinski definition) is 4. The second kappa shape index (κ2) is 4.84. The highest BCUT2D eigenvalue weighted by molar-refractivity contribution is 7.80. The summed E-state index contributed by atoms with van der Waals surface area (Å²) >= 11 is 4.76. The van der Waals surface area contributed by atoms with Crippen molar-refractivity contribution < 1.29 is 4.39 Å². The lowest BCUT2D eigenvalue weighted by Gasteiger charge is -2.05. The summed E-state index contributed by atoms with van der Waals surface area (Å²) in [5, 5.41) is 2.91. The molecule has 0 spiro atoms. The molecule has 0 amide bonds. The van der Waals surface area contributed by atoms with Crippen LogP contribution in [0.4, 0.5) is 15.9 Å². The number of nitrogens with two attached hydrogens (primary N) is 1. The molecule has 0 atom stereocenters. The zero-order valence-electron chi connectivity index (χ0n) is 8.72. The summed E-state index contributed by atoms with van der Waals surface area (Å²) in [5.41, 5.74) is 6.44. The van der Waals surface area contributed by atoms with Crippen molar-refractivity contribution in [3.8, 4) is 0 Å².